The number of furan rings is 1. The SMILES string of the molecule is Cc1c2c(C(=O)O)cc(-c3ccco3)nc2nn1Cc1ccc(-c2ccncc2)cc1. The molecular formula is C24H18N4O3. The molecule has 0 spiro atoms. The Kier molecular flexibility index (Phi) is 4.55. The van der Waals surface area contributed by atoms with Gasteiger partial charge in [0.15, 0.2) is 11.4 Å². The summed E-state index contributed by atoms with van der Waals surface area (Å²) in [5.41, 5.74) is 5.00. The number of carbonyl (C=O) groups is 1. The van der Waals surface area contributed by atoms with Crippen LogP contribution in [0.3, 0.4) is 0 Å². The average molecular weight is 410 g/mol. The second-order valence-corrected chi connectivity index (χ2v) is 7.21. The second-order valence-electron chi connectivity index (χ2n) is 7.21. The number of carboxylic acid groups (broad SMARTS) is 1. The third kappa shape index (κ3) is 3.46. The van der Waals surface area contributed by atoms with E-state index in [1.165, 1.54) is 12.3 Å². The average Bonchev–Trinajstić information content (AvgIpc) is 3.43. The van der Waals surface area contributed by atoms with Crippen LogP contribution in [0.15, 0.2) is 77.7 Å². The normalized spacial score (nSPS) is 11.1. The molecule has 0 amide bonds. The van der Waals surface area contributed by atoms with E-state index in [1.54, 1.807) is 29.2 Å². The summed E-state index contributed by atoms with van der Waals surface area (Å²) in [6.45, 7) is 2.37. The number of aryl methyl sites for hydroxylation is 1. The van der Waals surface area contributed by atoms with Crippen LogP contribution in [0.5, 0.6) is 0 Å². The first-order valence-corrected chi connectivity index (χ1v) is 9.75. The fourth-order valence-electron chi connectivity index (χ4n) is 3.67. The quantitative estimate of drug-likeness (QED) is 0.447. The van der Waals surface area contributed by atoms with E-state index in [2.05, 4.69) is 27.2 Å². The molecule has 0 aliphatic rings. The van der Waals surface area contributed by atoms with Crippen molar-refractivity contribution in [3.63, 3.8) is 0 Å². The largest absolute Gasteiger partial charge is 0.478 e. The molecule has 0 radical (unpaired) electrons. The fourth-order valence-corrected chi connectivity index (χ4v) is 3.67. The summed E-state index contributed by atoms with van der Waals surface area (Å²) in [6, 6.07) is 17.1. The first-order chi connectivity index (χ1) is 15.1. The Labute approximate surface area is 177 Å². The van der Waals surface area contributed by atoms with Crippen LogP contribution in [0, 0.1) is 6.92 Å². The zero-order valence-electron chi connectivity index (χ0n) is 16.7. The van der Waals surface area contributed by atoms with Crippen molar-refractivity contribution in [2.75, 3.05) is 0 Å². The number of rotatable bonds is 5. The van der Waals surface area contributed by atoms with Gasteiger partial charge in [0.2, 0.25) is 0 Å². The Bertz CT molecular complexity index is 1370. The molecule has 0 unspecified atom stereocenters. The van der Waals surface area contributed by atoms with Crippen LogP contribution in [-0.2, 0) is 6.54 Å². The fraction of sp³-hybridized carbons (Fsp3) is 0.0833. The number of carboxylic acids is 1. The lowest BCUT2D eigenvalue weighted by molar-refractivity contribution is 0.0699. The third-order valence-electron chi connectivity index (χ3n) is 5.27. The lowest BCUT2D eigenvalue weighted by Crippen LogP contribution is -2.04. The second kappa shape index (κ2) is 7.53. The molecule has 4 aromatic heterocycles. The van der Waals surface area contributed by atoms with Crippen molar-refractivity contribution in [1.29, 1.82) is 0 Å². The molecule has 7 nitrogen and oxygen atoms in total. The molecule has 1 N–H and O–H groups in total. The van der Waals surface area contributed by atoms with Gasteiger partial charge in [-0.2, -0.15) is 5.10 Å². The first kappa shape index (κ1) is 18.7. The number of aromatic nitrogens is 4. The minimum Gasteiger partial charge on any atom is -0.478 e. The maximum atomic E-state index is 11.9. The van der Waals surface area contributed by atoms with Gasteiger partial charge in [0.25, 0.3) is 0 Å². The zero-order chi connectivity index (χ0) is 21.4. The van der Waals surface area contributed by atoms with Crippen molar-refractivity contribution in [1.82, 2.24) is 19.7 Å². The van der Waals surface area contributed by atoms with Crippen LogP contribution in [0.1, 0.15) is 21.6 Å². The molecule has 0 atom stereocenters. The minimum absolute atomic E-state index is 0.160. The highest BCUT2D eigenvalue weighted by molar-refractivity contribution is 6.03. The molecule has 5 aromatic rings. The summed E-state index contributed by atoms with van der Waals surface area (Å²) in [5, 5.41) is 14.9. The lowest BCUT2D eigenvalue weighted by Gasteiger charge is -2.07. The number of hydrogen-bond donors (Lipinski definition) is 1. The topological polar surface area (TPSA) is 94.0 Å². The van der Waals surface area contributed by atoms with Gasteiger partial charge >= 0.3 is 5.97 Å². The summed E-state index contributed by atoms with van der Waals surface area (Å²) >= 11 is 0. The van der Waals surface area contributed by atoms with E-state index in [0.29, 0.717) is 29.0 Å². The maximum absolute atomic E-state index is 11.9. The molecule has 31 heavy (non-hydrogen) atoms. The van der Waals surface area contributed by atoms with Gasteiger partial charge in [-0.15, -0.1) is 0 Å². The van der Waals surface area contributed by atoms with Crippen LogP contribution in [0.25, 0.3) is 33.6 Å². The molecule has 0 aliphatic carbocycles. The molecule has 7 heteroatoms. The highest BCUT2D eigenvalue weighted by Gasteiger charge is 2.20. The summed E-state index contributed by atoms with van der Waals surface area (Å²) < 4.78 is 7.18. The molecule has 4 heterocycles. The van der Waals surface area contributed by atoms with Gasteiger partial charge in [0.1, 0.15) is 5.69 Å². The van der Waals surface area contributed by atoms with E-state index in [9.17, 15) is 9.90 Å². The molecule has 0 fully saturated rings. The van der Waals surface area contributed by atoms with Gasteiger partial charge in [0.05, 0.1) is 23.8 Å². The molecule has 152 valence electrons. The van der Waals surface area contributed by atoms with Crippen LogP contribution >= 0.6 is 0 Å². The van der Waals surface area contributed by atoms with Gasteiger partial charge in [-0.1, -0.05) is 24.3 Å². The van der Waals surface area contributed by atoms with E-state index in [4.69, 9.17) is 4.42 Å². The van der Waals surface area contributed by atoms with E-state index < -0.39 is 5.97 Å². The maximum Gasteiger partial charge on any atom is 0.336 e. The monoisotopic (exact) mass is 410 g/mol. The summed E-state index contributed by atoms with van der Waals surface area (Å²) in [4.78, 5) is 20.5. The van der Waals surface area contributed by atoms with Crippen molar-refractivity contribution in [3.05, 3.63) is 90.1 Å². The van der Waals surface area contributed by atoms with Gasteiger partial charge in [-0.05, 0) is 53.9 Å². The number of aromatic carboxylic acids is 1. The van der Waals surface area contributed by atoms with E-state index >= 15 is 0 Å². The molecular weight excluding hydrogens is 392 g/mol. The van der Waals surface area contributed by atoms with Gasteiger partial charge < -0.3 is 9.52 Å². The molecule has 0 bridgehead atoms. The van der Waals surface area contributed by atoms with Crippen molar-refractivity contribution in [2.45, 2.75) is 13.5 Å². The van der Waals surface area contributed by atoms with Crippen LogP contribution in [0.2, 0.25) is 0 Å². The van der Waals surface area contributed by atoms with Crippen LogP contribution < -0.4 is 0 Å². The molecule has 1 aromatic carbocycles. The molecule has 0 aliphatic heterocycles. The van der Waals surface area contributed by atoms with E-state index in [1.807, 2.05) is 31.2 Å². The summed E-state index contributed by atoms with van der Waals surface area (Å²) in [6.07, 6.45) is 5.07. The Morgan fingerprint density at radius 2 is 1.81 bits per heavy atom. The minimum atomic E-state index is -1.02. The predicted molar refractivity (Wildman–Crippen MR) is 116 cm³/mol. The number of pyridine rings is 2. The van der Waals surface area contributed by atoms with Gasteiger partial charge in [0, 0.05) is 18.1 Å². The number of fused-ring (bicyclic) bond motifs is 1. The first-order valence-electron chi connectivity index (χ1n) is 9.75. The predicted octanol–water partition coefficient (Wildman–Crippen LogP) is 4.81. The number of nitrogens with zero attached hydrogens (tertiary/aromatic N) is 4. The summed E-state index contributed by atoms with van der Waals surface area (Å²) in [7, 11) is 0. The summed E-state index contributed by atoms with van der Waals surface area (Å²) in [5.74, 6) is -0.520. The van der Waals surface area contributed by atoms with Crippen LogP contribution in [0.4, 0.5) is 0 Å². The smallest absolute Gasteiger partial charge is 0.336 e. The highest BCUT2D eigenvalue weighted by atomic mass is 16.4. The Hall–Kier alpha value is -4.26. The number of hydrogen-bond acceptors (Lipinski definition) is 5. The molecule has 0 saturated carbocycles. The third-order valence-corrected chi connectivity index (χ3v) is 5.27. The van der Waals surface area contributed by atoms with Gasteiger partial charge in [-0.3, -0.25) is 9.67 Å². The number of benzene rings is 1. The van der Waals surface area contributed by atoms with Crippen molar-refractivity contribution >= 4 is 17.0 Å². The van der Waals surface area contributed by atoms with E-state index in [-0.39, 0.29) is 5.56 Å². The Balaban J connectivity index is 1.52. The Morgan fingerprint density at radius 3 is 2.48 bits per heavy atom. The van der Waals surface area contributed by atoms with Crippen molar-refractivity contribution in [2.24, 2.45) is 0 Å². The van der Waals surface area contributed by atoms with Crippen molar-refractivity contribution < 1.29 is 14.3 Å². The van der Waals surface area contributed by atoms with Crippen molar-refractivity contribution in [3.8, 4) is 22.6 Å². The molecule has 5 rings (SSSR count). The Morgan fingerprint density at radius 1 is 1.06 bits per heavy atom. The standard InChI is InChI=1S/C24H18N4O3/c1-15-22-19(24(29)30)13-20(21-3-2-12-31-21)26-23(22)27-28(15)14-16-4-6-17(7-5-16)18-8-10-25-11-9-18/h2-13H,14H2,1H3,(H,29,30). The van der Waals surface area contributed by atoms with Crippen LogP contribution in [-0.4, -0.2) is 30.8 Å². The van der Waals surface area contributed by atoms with E-state index in [0.717, 1.165) is 22.4 Å². The van der Waals surface area contributed by atoms with Gasteiger partial charge in [-0.25, -0.2) is 9.78 Å². The zero-order valence-corrected chi connectivity index (χ0v) is 16.7. The molecule has 0 saturated heterocycles. The lowest BCUT2D eigenvalue weighted by atomic mass is 10.1. The highest BCUT2D eigenvalue weighted by Crippen LogP contribution is 2.28.